The predicted molar refractivity (Wildman–Crippen MR) is 105 cm³/mol. The maximum atomic E-state index is 12.7. The van der Waals surface area contributed by atoms with Gasteiger partial charge in [-0.3, -0.25) is 4.68 Å². The summed E-state index contributed by atoms with van der Waals surface area (Å²) in [5.41, 5.74) is 1.17. The van der Waals surface area contributed by atoms with Gasteiger partial charge in [-0.2, -0.15) is 23.4 Å². The highest BCUT2D eigenvalue weighted by Gasteiger charge is 2.31. The highest BCUT2D eigenvalue weighted by atomic mass is 32.1. The minimum atomic E-state index is -4.48. The van der Waals surface area contributed by atoms with Crippen molar-refractivity contribution in [3.05, 3.63) is 64.8 Å². The maximum absolute atomic E-state index is 12.7. The predicted octanol–water partition coefficient (Wildman–Crippen LogP) is 3.81. The smallest absolute Gasteiger partial charge is 0.417 e. The van der Waals surface area contributed by atoms with Gasteiger partial charge in [0, 0.05) is 30.4 Å². The van der Waals surface area contributed by atoms with Crippen LogP contribution in [0.4, 0.5) is 13.2 Å². The molecule has 0 fully saturated rings. The Morgan fingerprint density at radius 1 is 1.19 bits per heavy atom. The van der Waals surface area contributed by atoms with Gasteiger partial charge in [-0.25, -0.2) is 19.4 Å². The van der Waals surface area contributed by atoms with Gasteiger partial charge in [0.1, 0.15) is 17.2 Å². The summed E-state index contributed by atoms with van der Waals surface area (Å²) in [6.45, 7) is 1.57. The van der Waals surface area contributed by atoms with Crippen LogP contribution >= 0.6 is 11.3 Å². The number of aryl methyl sites for hydroxylation is 1. The van der Waals surface area contributed by atoms with E-state index in [1.165, 1.54) is 28.3 Å². The van der Waals surface area contributed by atoms with Gasteiger partial charge in [0.15, 0.2) is 5.82 Å². The van der Waals surface area contributed by atoms with Gasteiger partial charge < -0.3 is 4.74 Å². The number of hydrogen-bond donors (Lipinski definition) is 0. The Balaban J connectivity index is 1.44. The Morgan fingerprint density at radius 3 is 2.65 bits per heavy atom. The summed E-state index contributed by atoms with van der Waals surface area (Å²) < 4.78 is 46.4. The third-order valence-corrected chi connectivity index (χ3v) is 5.32. The molecule has 0 radical (unpaired) electrons. The molecule has 0 aromatic carbocycles. The topological polar surface area (TPSA) is 87.7 Å². The second-order valence-electron chi connectivity index (χ2n) is 6.58. The zero-order valence-corrected chi connectivity index (χ0v) is 17.1. The SMILES string of the molecule is Cc1c(C(=O)OCc2csc(-c3cnn(C)c3)n2)cnn1-c1ccc(C(F)(F)F)cn1. The number of esters is 1. The van der Waals surface area contributed by atoms with E-state index < -0.39 is 17.7 Å². The first-order chi connectivity index (χ1) is 14.7. The first kappa shape index (κ1) is 20.7. The van der Waals surface area contributed by atoms with E-state index in [1.807, 2.05) is 13.2 Å². The number of pyridine rings is 1. The van der Waals surface area contributed by atoms with Gasteiger partial charge in [0.2, 0.25) is 0 Å². The van der Waals surface area contributed by atoms with Gasteiger partial charge in [0.05, 0.1) is 29.3 Å². The van der Waals surface area contributed by atoms with Crippen LogP contribution in [0.2, 0.25) is 0 Å². The number of ether oxygens (including phenoxy) is 1. The third kappa shape index (κ3) is 4.33. The molecule has 0 atom stereocenters. The first-order valence-corrected chi connectivity index (χ1v) is 9.79. The van der Waals surface area contributed by atoms with Gasteiger partial charge in [-0.1, -0.05) is 0 Å². The summed E-state index contributed by atoms with van der Waals surface area (Å²) in [5, 5.41) is 10.7. The van der Waals surface area contributed by atoms with E-state index in [4.69, 9.17) is 4.74 Å². The lowest BCUT2D eigenvalue weighted by atomic mass is 10.2. The molecule has 0 aliphatic heterocycles. The van der Waals surface area contributed by atoms with Crippen LogP contribution in [0.15, 0.2) is 42.3 Å². The number of carbonyl (C=O) groups is 1. The summed E-state index contributed by atoms with van der Waals surface area (Å²) in [5.74, 6) is -0.461. The average Bonchev–Trinajstić information content (AvgIpc) is 3.45. The summed E-state index contributed by atoms with van der Waals surface area (Å²) in [6.07, 6.45) is 1.06. The third-order valence-electron chi connectivity index (χ3n) is 4.38. The van der Waals surface area contributed by atoms with Crippen LogP contribution in [-0.2, 0) is 24.6 Å². The zero-order chi connectivity index (χ0) is 22.2. The molecule has 4 rings (SSSR count). The maximum Gasteiger partial charge on any atom is 0.417 e. The molecule has 0 saturated heterocycles. The number of nitrogens with zero attached hydrogens (tertiary/aromatic N) is 6. The summed E-state index contributed by atoms with van der Waals surface area (Å²) >= 11 is 1.41. The molecule has 0 N–H and O–H groups in total. The zero-order valence-electron chi connectivity index (χ0n) is 16.3. The van der Waals surface area contributed by atoms with Crippen molar-refractivity contribution in [2.75, 3.05) is 0 Å². The molecular formula is C19H15F3N6O2S. The summed E-state index contributed by atoms with van der Waals surface area (Å²) in [6, 6.07) is 2.09. The largest absolute Gasteiger partial charge is 0.455 e. The Labute approximate surface area is 177 Å². The molecule has 0 spiro atoms. The van der Waals surface area contributed by atoms with Gasteiger partial charge in [-0.05, 0) is 19.1 Å². The lowest BCUT2D eigenvalue weighted by Gasteiger charge is -2.08. The van der Waals surface area contributed by atoms with Gasteiger partial charge in [-0.15, -0.1) is 11.3 Å². The lowest BCUT2D eigenvalue weighted by Crippen LogP contribution is -2.09. The van der Waals surface area contributed by atoms with E-state index in [1.54, 1.807) is 23.2 Å². The molecule has 4 heterocycles. The molecule has 0 amide bonds. The molecule has 0 saturated carbocycles. The first-order valence-electron chi connectivity index (χ1n) is 8.91. The van der Waals surface area contributed by atoms with Gasteiger partial charge in [0.25, 0.3) is 0 Å². The lowest BCUT2D eigenvalue weighted by molar-refractivity contribution is -0.137. The fraction of sp³-hybridized carbons (Fsp3) is 0.211. The Morgan fingerprint density at radius 2 is 2.00 bits per heavy atom. The Bertz CT molecular complexity index is 1230. The van der Waals surface area contributed by atoms with Crippen LogP contribution in [0.1, 0.15) is 27.3 Å². The quantitative estimate of drug-likeness (QED) is 0.432. The molecule has 8 nitrogen and oxygen atoms in total. The van der Waals surface area contributed by atoms with Crippen molar-refractivity contribution in [2.24, 2.45) is 7.05 Å². The van der Waals surface area contributed by atoms with Crippen molar-refractivity contribution in [3.63, 3.8) is 0 Å². The van der Waals surface area contributed by atoms with Crippen molar-refractivity contribution < 1.29 is 22.7 Å². The van der Waals surface area contributed by atoms with Crippen molar-refractivity contribution in [3.8, 4) is 16.4 Å². The fourth-order valence-corrected chi connectivity index (χ4v) is 3.55. The molecule has 160 valence electrons. The second-order valence-corrected chi connectivity index (χ2v) is 7.44. The highest BCUT2D eigenvalue weighted by molar-refractivity contribution is 7.13. The van der Waals surface area contributed by atoms with E-state index in [0.717, 1.165) is 22.8 Å². The number of rotatable bonds is 5. The highest BCUT2D eigenvalue weighted by Crippen LogP contribution is 2.29. The van der Waals surface area contributed by atoms with Crippen LogP contribution in [0.5, 0.6) is 0 Å². The van der Waals surface area contributed by atoms with Crippen LogP contribution in [0.3, 0.4) is 0 Å². The van der Waals surface area contributed by atoms with Crippen molar-refractivity contribution in [1.82, 2.24) is 29.5 Å². The Hall–Kier alpha value is -3.54. The molecule has 4 aromatic rings. The normalized spacial score (nSPS) is 11.6. The molecule has 0 bridgehead atoms. The molecule has 0 aliphatic rings. The molecule has 12 heteroatoms. The number of aromatic nitrogens is 6. The summed E-state index contributed by atoms with van der Waals surface area (Å²) in [7, 11) is 1.81. The minimum absolute atomic E-state index is 0.0290. The van der Waals surface area contributed by atoms with Crippen molar-refractivity contribution in [2.45, 2.75) is 19.7 Å². The number of thiazole rings is 1. The number of carbonyl (C=O) groups excluding carboxylic acids is 1. The standard InChI is InChI=1S/C19H15F3N6O2S/c1-11-15(7-25-28(11)16-4-3-13(6-23-16)19(20,21)22)18(29)30-9-14-10-31-17(26-14)12-5-24-27(2)8-12/h3-8,10H,9H2,1-2H3. The number of hydrogen-bond acceptors (Lipinski definition) is 7. The number of alkyl halides is 3. The average molecular weight is 448 g/mol. The molecule has 31 heavy (non-hydrogen) atoms. The van der Waals surface area contributed by atoms with Crippen LogP contribution in [0, 0.1) is 6.92 Å². The van der Waals surface area contributed by atoms with Crippen LogP contribution in [0.25, 0.3) is 16.4 Å². The Kier molecular flexibility index (Phi) is 5.31. The van der Waals surface area contributed by atoms with Crippen molar-refractivity contribution in [1.29, 1.82) is 0 Å². The van der Waals surface area contributed by atoms with E-state index in [9.17, 15) is 18.0 Å². The monoisotopic (exact) mass is 448 g/mol. The minimum Gasteiger partial charge on any atom is -0.455 e. The van der Waals surface area contributed by atoms with Crippen LogP contribution < -0.4 is 0 Å². The summed E-state index contributed by atoms with van der Waals surface area (Å²) in [4.78, 5) is 20.7. The van der Waals surface area contributed by atoms with E-state index >= 15 is 0 Å². The fourth-order valence-electron chi connectivity index (χ4n) is 2.77. The van der Waals surface area contributed by atoms with E-state index in [0.29, 0.717) is 11.4 Å². The molecule has 0 aliphatic carbocycles. The van der Waals surface area contributed by atoms with E-state index in [2.05, 4.69) is 20.2 Å². The van der Waals surface area contributed by atoms with E-state index in [-0.39, 0.29) is 18.0 Å². The molecular weight excluding hydrogens is 433 g/mol. The van der Waals surface area contributed by atoms with Gasteiger partial charge >= 0.3 is 12.1 Å². The number of halogens is 3. The van der Waals surface area contributed by atoms with Crippen LogP contribution in [-0.4, -0.2) is 35.5 Å². The van der Waals surface area contributed by atoms with Crippen molar-refractivity contribution >= 4 is 17.3 Å². The molecule has 0 unspecified atom stereocenters. The second kappa shape index (κ2) is 7.95. The molecule has 4 aromatic heterocycles.